The molecule has 0 saturated carbocycles. The zero-order chi connectivity index (χ0) is 16.9. The van der Waals surface area contributed by atoms with Crippen molar-refractivity contribution in [1.29, 1.82) is 0 Å². The number of amides is 1. The SMILES string of the molecule is O=C(Cc1ccc(Cl)cc1)N1CC(CO)C(CN2CCCCC2)C1. The molecule has 1 aromatic rings. The summed E-state index contributed by atoms with van der Waals surface area (Å²) in [6.07, 6.45) is 4.29. The minimum absolute atomic E-state index is 0.150. The van der Waals surface area contributed by atoms with Gasteiger partial charge in [-0.1, -0.05) is 30.2 Å². The minimum Gasteiger partial charge on any atom is -0.396 e. The van der Waals surface area contributed by atoms with E-state index in [0.717, 1.165) is 31.7 Å². The fraction of sp³-hybridized carbons (Fsp3) is 0.632. The molecule has 2 heterocycles. The second kappa shape index (κ2) is 8.32. The Morgan fingerprint density at radius 2 is 1.75 bits per heavy atom. The van der Waals surface area contributed by atoms with Crippen molar-refractivity contribution >= 4 is 17.5 Å². The molecule has 5 heteroatoms. The van der Waals surface area contributed by atoms with Gasteiger partial charge in [-0.15, -0.1) is 0 Å². The van der Waals surface area contributed by atoms with Crippen molar-refractivity contribution < 1.29 is 9.90 Å². The summed E-state index contributed by atoms with van der Waals surface area (Å²) in [7, 11) is 0. The number of hydrogen-bond donors (Lipinski definition) is 1. The minimum atomic E-state index is 0.150. The number of piperidine rings is 1. The van der Waals surface area contributed by atoms with Crippen molar-refractivity contribution in [2.75, 3.05) is 39.3 Å². The van der Waals surface area contributed by atoms with E-state index >= 15 is 0 Å². The highest BCUT2D eigenvalue weighted by Crippen LogP contribution is 2.26. The van der Waals surface area contributed by atoms with Crippen LogP contribution >= 0.6 is 11.6 Å². The summed E-state index contributed by atoms with van der Waals surface area (Å²) >= 11 is 5.90. The first-order chi connectivity index (χ1) is 11.7. The number of carbonyl (C=O) groups is 1. The van der Waals surface area contributed by atoms with E-state index in [1.165, 1.54) is 19.3 Å². The summed E-state index contributed by atoms with van der Waals surface area (Å²) < 4.78 is 0. The molecule has 0 bridgehead atoms. The van der Waals surface area contributed by atoms with Gasteiger partial charge in [-0.3, -0.25) is 4.79 Å². The van der Waals surface area contributed by atoms with Crippen LogP contribution in [0.4, 0.5) is 0 Å². The predicted molar refractivity (Wildman–Crippen MR) is 96.1 cm³/mol. The Kier molecular flexibility index (Phi) is 6.14. The van der Waals surface area contributed by atoms with Crippen molar-refractivity contribution in [3.8, 4) is 0 Å². The lowest BCUT2D eigenvalue weighted by atomic mass is 9.95. The molecule has 132 valence electrons. The average molecular weight is 351 g/mol. The first-order valence-electron chi connectivity index (χ1n) is 9.01. The van der Waals surface area contributed by atoms with Gasteiger partial charge in [0.2, 0.25) is 5.91 Å². The Morgan fingerprint density at radius 1 is 1.08 bits per heavy atom. The number of likely N-dealkylation sites (tertiary alicyclic amines) is 2. The largest absolute Gasteiger partial charge is 0.396 e. The highest BCUT2D eigenvalue weighted by atomic mass is 35.5. The van der Waals surface area contributed by atoms with Crippen molar-refractivity contribution in [1.82, 2.24) is 9.80 Å². The number of halogens is 1. The third-order valence-electron chi connectivity index (χ3n) is 5.37. The molecule has 2 fully saturated rings. The quantitative estimate of drug-likeness (QED) is 0.887. The molecular formula is C19H27ClN2O2. The van der Waals surface area contributed by atoms with Gasteiger partial charge in [0, 0.05) is 37.2 Å². The predicted octanol–water partition coefficient (Wildman–Crippen LogP) is 2.44. The first kappa shape index (κ1) is 17.7. The van der Waals surface area contributed by atoms with Gasteiger partial charge in [0.25, 0.3) is 0 Å². The van der Waals surface area contributed by atoms with E-state index in [-0.39, 0.29) is 18.4 Å². The van der Waals surface area contributed by atoms with E-state index in [1.807, 2.05) is 29.2 Å². The van der Waals surface area contributed by atoms with Crippen molar-refractivity contribution in [2.24, 2.45) is 11.8 Å². The second-order valence-corrected chi connectivity index (χ2v) is 7.60. The number of nitrogens with zero attached hydrogens (tertiary/aromatic N) is 2. The lowest BCUT2D eigenvalue weighted by molar-refractivity contribution is -0.129. The third-order valence-corrected chi connectivity index (χ3v) is 5.63. The van der Waals surface area contributed by atoms with E-state index in [4.69, 9.17) is 11.6 Å². The van der Waals surface area contributed by atoms with Crippen LogP contribution in [0.1, 0.15) is 24.8 Å². The Labute approximate surface area is 149 Å². The van der Waals surface area contributed by atoms with E-state index in [1.54, 1.807) is 0 Å². The number of rotatable bonds is 5. The molecule has 0 aliphatic carbocycles. The Bertz CT molecular complexity index is 543. The van der Waals surface area contributed by atoms with Crippen LogP contribution in [0.25, 0.3) is 0 Å². The second-order valence-electron chi connectivity index (χ2n) is 7.17. The number of aliphatic hydroxyl groups is 1. The molecule has 1 N–H and O–H groups in total. The molecule has 0 aromatic heterocycles. The zero-order valence-corrected chi connectivity index (χ0v) is 14.9. The van der Waals surface area contributed by atoms with E-state index < -0.39 is 0 Å². The maximum atomic E-state index is 12.6. The van der Waals surface area contributed by atoms with Crippen molar-refractivity contribution in [2.45, 2.75) is 25.7 Å². The maximum Gasteiger partial charge on any atom is 0.227 e. The summed E-state index contributed by atoms with van der Waals surface area (Å²) in [4.78, 5) is 17.0. The van der Waals surface area contributed by atoms with Crippen molar-refractivity contribution in [3.05, 3.63) is 34.9 Å². The highest BCUT2D eigenvalue weighted by Gasteiger charge is 2.35. The van der Waals surface area contributed by atoms with Crippen LogP contribution in [0.2, 0.25) is 5.02 Å². The molecular weight excluding hydrogens is 324 g/mol. The molecule has 0 spiro atoms. The molecule has 2 unspecified atom stereocenters. The van der Waals surface area contributed by atoms with Crippen LogP contribution in [0.5, 0.6) is 0 Å². The molecule has 1 aromatic carbocycles. The van der Waals surface area contributed by atoms with Gasteiger partial charge >= 0.3 is 0 Å². The lowest BCUT2D eigenvalue weighted by Gasteiger charge is -2.30. The summed E-state index contributed by atoms with van der Waals surface area (Å²) in [6.45, 7) is 4.95. The maximum absolute atomic E-state index is 12.6. The van der Waals surface area contributed by atoms with Gasteiger partial charge in [-0.05, 0) is 49.5 Å². The van der Waals surface area contributed by atoms with Crippen molar-refractivity contribution in [3.63, 3.8) is 0 Å². The summed E-state index contributed by atoms with van der Waals surface area (Å²) in [6, 6.07) is 7.46. The van der Waals surface area contributed by atoms with E-state index in [2.05, 4.69) is 4.90 Å². The highest BCUT2D eigenvalue weighted by molar-refractivity contribution is 6.30. The van der Waals surface area contributed by atoms with Crippen LogP contribution in [-0.4, -0.2) is 60.1 Å². The zero-order valence-electron chi connectivity index (χ0n) is 14.2. The summed E-state index contributed by atoms with van der Waals surface area (Å²) in [5.41, 5.74) is 0.990. The number of benzene rings is 1. The molecule has 2 aliphatic rings. The molecule has 1 amide bonds. The number of carbonyl (C=O) groups excluding carboxylic acids is 1. The molecule has 3 rings (SSSR count). The number of aliphatic hydroxyl groups excluding tert-OH is 1. The standard InChI is InChI=1S/C19H27ClN2O2/c20-18-6-4-15(5-7-18)10-19(24)22-12-16(17(13-22)14-23)11-21-8-2-1-3-9-21/h4-7,16-17,23H,1-3,8-14H2. The molecule has 4 nitrogen and oxygen atoms in total. The molecule has 0 radical (unpaired) electrons. The first-order valence-corrected chi connectivity index (χ1v) is 9.39. The summed E-state index contributed by atoms with van der Waals surface area (Å²) in [5.74, 6) is 0.750. The Hall–Kier alpha value is -1.10. The third kappa shape index (κ3) is 4.50. The lowest BCUT2D eigenvalue weighted by Crippen LogP contribution is -2.37. The fourth-order valence-electron chi connectivity index (χ4n) is 3.92. The van der Waals surface area contributed by atoms with Crippen LogP contribution in [0, 0.1) is 11.8 Å². The summed E-state index contributed by atoms with van der Waals surface area (Å²) in [5, 5.41) is 10.4. The molecule has 24 heavy (non-hydrogen) atoms. The van der Waals surface area contributed by atoms with Gasteiger partial charge < -0.3 is 14.9 Å². The average Bonchev–Trinajstić information content (AvgIpc) is 3.01. The molecule has 2 saturated heterocycles. The van der Waals surface area contributed by atoms with Gasteiger partial charge in [0.05, 0.1) is 6.42 Å². The van der Waals surface area contributed by atoms with E-state index in [0.29, 0.717) is 23.9 Å². The van der Waals surface area contributed by atoms with Crippen LogP contribution in [0.15, 0.2) is 24.3 Å². The fourth-order valence-corrected chi connectivity index (χ4v) is 4.04. The van der Waals surface area contributed by atoms with Crippen LogP contribution in [-0.2, 0) is 11.2 Å². The van der Waals surface area contributed by atoms with Gasteiger partial charge in [0.15, 0.2) is 0 Å². The normalized spacial score (nSPS) is 25.2. The number of hydrogen-bond acceptors (Lipinski definition) is 3. The smallest absolute Gasteiger partial charge is 0.227 e. The Balaban J connectivity index is 1.56. The Morgan fingerprint density at radius 3 is 2.42 bits per heavy atom. The van der Waals surface area contributed by atoms with Gasteiger partial charge in [-0.25, -0.2) is 0 Å². The van der Waals surface area contributed by atoms with Gasteiger partial charge in [-0.2, -0.15) is 0 Å². The van der Waals surface area contributed by atoms with E-state index in [9.17, 15) is 9.90 Å². The molecule has 2 atom stereocenters. The van der Waals surface area contributed by atoms with Crippen LogP contribution < -0.4 is 0 Å². The van der Waals surface area contributed by atoms with Gasteiger partial charge in [0.1, 0.15) is 0 Å². The monoisotopic (exact) mass is 350 g/mol. The van der Waals surface area contributed by atoms with Crippen LogP contribution in [0.3, 0.4) is 0 Å². The molecule has 2 aliphatic heterocycles. The topological polar surface area (TPSA) is 43.8 Å².